The average molecular weight is 239 g/mol. The third kappa shape index (κ3) is 2.46. The summed E-state index contributed by atoms with van der Waals surface area (Å²) in [6.07, 6.45) is 0. The number of benzene rings is 1. The Morgan fingerprint density at radius 3 is 3.06 bits per heavy atom. The Balaban J connectivity index is 2.04. The van der Waals surface area contributed by atoms with Gasteiger partial charge in [-0.3, -0.25) is 0 Å². The van der Waals surface area contributed by atoms with E-state index in [4.69, 9.17) is 4.74 Å². The van der Waals surface area contributed by atoms with Crippen LogP contribution in [0.1, 0.15) is 5.56 Å². The number of aromatic nitrogens is 2. The summed E-state index contributed by atoms with van der Waals surface area (Å²) in [5.41, 5.74) is 2.57. The van der Waals surface area contributed by atoms with Gasteiger partial charge in [-0.25, -0.2) is 4.39 Å². The van der Waals surface area contributed by atoms with Gasteiger partial charge in [0.05, 0.1) is 7.11 Å². The van der Waals surface area contributed by atoms with Gasteiger partial charge in [0, 0.05) is 6.54 Å². The fraction of sp³-hybridized carbons (Fsp3) is 0.200. The van der Waals surface area contributed by atoms with Gasteiger partial charge in [-0.2, -0.15) is 0 Å². The van der Waals surface area contributed by atoms with Crippen molar-refractivity contribution in [1.82, 2.24) is 10.2 Å². The maximum Gasteiger partial charge on any atom is 0.205 e. The Hall–Kier alpha value is -1.69. The summed E-state index contributed by atoms with van der Waals surface area (Å²) < 4.78 is 18.0. The van der Waals surface area contributed by atoms with Crippen LogP contribution in [0.25, 0.3) is 0 Å². The zero-order valence-corrected chi connectivity index (χ0v) is 9.42. The van der Waals surface area contributed by atoms with Crippen LogP contribution in [0.3, 0.4) is 0 Å². The molecule has 0 saturated heterocycles. The Bertz CT molecular complexity index is 461. The van der Waals surface area contributed by atoms with Gasteiger partial charge in [-0.05, 0) is 17.7 Å². The molecule has 0 aliphatic heterocycles. The van der Waals surface area contributed by atoms with Crippen LogP contribution in [0.5, 0.6) is 5.75 Å². The number of anilines is 1. The fourth-order valence-electron chi connectivity index (χ4n) is 1.24. The van der Waals surface area contributed by atoms with E-state index in [0.717, 1.165) is 10.7 Å². The quantitative estimate of drug-likeness (QED) is 0.889. The number of halogens is 1. The minimum atomic E-state index is -0.359. The van der Waals surface area contributed by atoms with Crippen molar-refractivity contribution in [3.63, 3.8) is 0 Å². The van der Waals surface area contributed by atoms with Crippen molar-refractivity contribution in [2.45, 2.75) is 6.54 Å². The second-order valence-corrected chi connectivity index (χ2v) is 3.90. The highest BCUT2D eigenvalue weighted by atomic mass is 32.1. The third-order valence-electron chi connectivity index (χ3n) is 2.02. The van der Waals surface area contributed by atoms with Gasteiger partial charge < -0.3 is 10.1 Å². The smallest absolute Gasteiger partial charge is 0.205 e. The van der Waals surface area contributed by atoms with Gasteiger partial charge in [0.25, 0.3) is 0 Å². The lowest BCUT2D eigenvalue weighted by atomic mass is 10.2. The van der Waals surface area contributed by atoms with Gasteiger partial charge in [-0.1, -0.05) is 17.4 Å². The first kappa shape index (κ1) is 10.8. The van der Waals surface area contributed by atoms with Crippen molar-refractivity contribution in [1.29, 1.82) is 0 Å². The Labute approximate surface area is 96.1 Å². The molecule has 6 heteroatoms. The summed E-state index contributed by atoms with van der Waals surface area (Å²) in [5, 5.41) is 11.4. The molecule has 0 saturated carbocycles. The number of methoxy groups -OCH3 is 1. The molecule has 0 unspecified atom stereocenters. The molecule has 0 aliphatic carbocycles. The zero-order chi connectivity index (χ0) is 11.4. The normalized spacial score (nSPS) is 10.1. The predicted molar refractivity (Wildman–Crippen MR) is 60.2 cm³/mol. The maximum absolute atomic E-state index is 13.1. The Morgan fingerprint density at radius 2 is 2.38 bits per heavy atom. The monoisotopic (exact) mass is 239 g/mol. The molecule has 0 spiro atoms. The van der Waals surface area contributed by atoms with Crippen molar-refractivity contribution in [2.75, 3.05) is 12.4 Å². The van der Waals surface area contributed by atoms with E-state index in [1.54, 1.807) is 17.6 Å². The SMILES string of the molecule is COc1cc(CNc2nncs2)ccc1F. The summed E-state index contributed by atoms with van der Waals surface area (Å²) in [6, 6.07) is 4.74. The molecule has 0 bridgehead atoms. The van der Waals surface area contributed by atoms with E-state index in [1.165, 1.54) is 24.5 Å². The number of hydrogen-bond donors (Lipinski definition) is 1. The van der Waals surface area contributed by atoms with Crippen LogP contribution in [0, 0.1) is 5.82 Å². The van der Waals surface area contributed by atoms with Gasteiger partial charge in [0.1, 0.15) is 5.51 Å². The van der Waals surface area contributed by atoms with Crippen molar-refractivity contribution in [2.24, 2.45) is 0 Å². The molecule has 2 rings (SSSR count). The fourth-order valence-corrected chi connectivity index (χ4v) is 1.69. The first-order valence-corrected chi connectivity index (χ1v) is 5.50. The standard InChI is InChI=1S/C10H10FN3OS/c1-15-9-4-7(2-3-8(9)11)5-12-10-14-13-6-16-10/h2-4,6H,5H2,1H3,(H,12,14). The topological polar surface area (TPSA) is 47.0 Å². The highest BCUT2D eigenvalue weighted by Gasteiger charge is 2.03. The Morgan fingerprint density at radius 1 is 1.50 bits per heavy atom. The van der Waals surface area contributed by atoms with E-state index >= 15 is 0 Å². The highest BCUT2D eigenvalue weighted by Crippen LogP contribution is 2.19. The van der Waals surface area contributed by atoms with Crippen molar-refractivity contribution >= 4 is 16.5 Å². The molecule has 0 amide bonds. The molecule has 16 heavy (non-hydrogen) atoms. The van der Waals surface area contributed by atoms with Crippen LogP contribution in [0.4, 0.5) is 9.52 Å². The molecule has 2 aromatic rings. The predicted octanol–water partition coefficient (Wildman–Crippen LogP) is 2.30. The summed E-state index contributed by atoms with van der Waals surface area (Å²) in [7, 11) is 1.44. The minimum absolute atomic E-state index is 0.247. The van der Waals surface area contributed by atoms with E-state index in [9.17, 15) is 4.39 Å². The van der Waals surface area contributed by atoms with Gasteiger partial charge in [0.15, 0.2) is 11.6 Å². The molecular formula is C10H10FN3OS. The molecule has 84 valence electrons. The Kier molecular flexibility index (Phi) is 3.31. The number of ether oxygens (including phenoxy) is 1. The van der Waals surface area contributed by atoms with E-state index in [1.807, 2.05) is 0 Å². The van der Waals surface area contributed by atoms with E-state index in [-0.39, 0.29) is 11.6 Å². The van der Waals surface area contributed by atoms with Crippen LogP contribution in [-0.4, -0.2) is 17.3 Å². The molecule has 0 radical (unpaired) electrons. The second kappa shape index (κ2) is 4.89. The largest absolute Gasteiger partial charge is 0.494 e. The first-order valence-electron chi connectivity index (χ1n) is 4.62. The van der Waals surface area contributed by atoms with Gasteiger partial charge >= 0.3 is 0 Å². The molecule has 0 aliphatic rings. The van der Waals surface area contributed by atoms with Crippen LogP contribution >= 0.6 is 11.3 Å². The van der Waals surface area contributed by atoms with Crippen molar-refractivity contribution in [3.05, 3.63) is 35.1 Å². The lowest BCUT2D eigenvalue weighted by Crippen LogP contribution is -2.00. The molecular weight excluding hydrogens is 229 g/mol. The van der Waals surface area contributed by atoms with Gasteiger partial charge in [-0.15, -0.1) is 10.2 Å². The van der Waals surface area contributed by atoms with E-state index in [0.29, 0.717) is 6.54 Å². The summed E-state index contributed by atoms with van der Waals surface area (Å²) >= 11 is 1.42. The van der Waals surface area contributed by atoms with E-state index in [2.05, 4.69) is 15.5 Å². The summed E-state index contributed by atoms with van der Waals surface area (Å²) in [4.78, 5) is 0. The van der Waals surface area contributed by atoms with Crippen LogP contribution in [0.15, 0.2) is 23.7 Å². The molecule has 1 aromatic carbocycles. The molecule has 4 nitrogen and oxygen atoms in total. The third-order valence-corrected chi connectivity index (χ3v) is 2.67. The number of rotatable bonds is 4. The van der Waals surface area contributed by atoms with Gasteiger partial charge in [0.2, 0.25) is 5.13 Å². The summed E-state index contributed by atoms with van der Waals surface area (Å²) in [6.45, 7) is 0.561. The molecule has 1 heterocycles. The van der Waals surface area contributed by atoms with Crippen molar-refractivity contribution in [3.8, 4) is 5.75 Å². The highest BCUT2D eigenvalue weighted by molar-refractivity contribution is 7.13. The van der Waals surface area contributed by atoms with Crippen LogP contribution in [0.2, 0.25) is 0 Å². The molecule has 0 atom stereocenters. The number of hydrogen-bond acceptors (Lipinski definition) is 5. The zero-order valence-electron chi connectivity index (χ0n) is 8.61. The maximum atomic E-state index is 13.1. The first-order chi connectivity index (χ1) is 7.79. The summed E-state index contributed by atoms with van der Waals surface area (Å²) in [5.74, 6) is -0.112. The molecule has 1 aromatic heterocycles. The minimum Gasteiger partial charge on any atom is -0.494 e. The molecule has 0 fully saturated rings. The number of nitrogens with one attached hydrogen (secondary N) is 1. The average Bonchev–Trinajstić information content (AvgIpc) is 2.81. The van der Waals surface area contributed by atoms with Crippen LogP contribution in [-0.2, 0) is 6.54 Å². The lowest BCUT2D eigenvalue weighted by Gasteiger charge is -2.06. The second-order valence-electron chi connectivity index (χ2n) is 3.07. The van der Waals surface area contributed by atoms with Crippen LogP contribution < -0.4 is 10.1 Å². The van der Waals surface area contributed by atoms with E-state index < -0.39 is 0 Å². The molecule has 1 N–H and O–H groups in total. The lowest BCUT2D eigenvalue weighted by molar-refractivity contribution is 0.386. The number of nitrogens with zero attached hydrogens (tertiary/aromatic N) is 2. The van der Waals surface area contributed by atoms with Crippen molar-refractivity contribution < 1.29 is 9.13 Å².